The van der Waals surface area contributed by atoms with Crippen molar-refractivity contribution in [1.82, 2.24) is 19.9 Å². The highest BCUT2D eigenvalue weighted by Crippen LogP contribution is 2.37. The van der Waals surface area contributed by atoms with Crippen molar-refractivity contribution < 1.29 is 4.79 Å². The molecule has 0 saturated heterocycles. The van der Waals surface area contributed by atoms with Gasteiger partial charge in [-0.1, -0.05) is 24.3 Å². The number of carbonyl (C=O) groups excluding carboxylic acids is 1. The highest BCUT2D eigenvalue weighted by Gasteiger charge is 2.32. The van der Waals surface area contributed by atoms with Gasteiger partial charge in [0.1, 0.15) is 5.56 Å². The molecule has 1 amide bonds. The molecule has 0 saturated carbocycles. The predicted octanol–water partition coefficient (Wildman–Crippen LogP) is 2.54. The average molecular weight is 348 g/mol. The summed E-state index contributed by atoms with van der Waals surface area (Å²) in [5.41, 5.74) is 2.81. The molecular weight excluding hydrogens is 328 g/mol. The molecule has 2 heterocycles. The molecule has 2 aromatic heterocycles. The second kappa shape index (κ2) is 6.63. The molecule has 4 rings (SSSR count). The van der Waals surface area contributed by atoms with Gasteiger partial charge in [0.05, 0.1) is 18.4 Å². The Morgan fingerprint density at radius 3 is 2.88 bits per heavy atom. The zero-order valence-electron chi connectivity index (χ0n) is 14.5. The van der Waals surface area contributed by atoms with E-state index < -0.39 is 0 Å². The van der Waals surface area contributed by atoms with Crippen molar-refractivity contribution in [1.29, 1.82) is 0 Å². The first kappa shape index (κ1) is 16.3. The summed E-state index contributed by atoms with van der Waals surface area (Å²) in [6, 6.07) is 11.3. The van der Waals surface area contributed by atoms with Gasteiger partial charge in [-0.25, -0.2) is 4.98 Å². The van der Waals surface area contributed by atoms with E-state index in [0.29, 0.717) is 0 Å². The zero-order valence-corrected chi connectivity index (χ0v) is 14.5. The number of benzene rings is 1. The smallest absolute Gasteiger partial charge is 0.260 e. The molecule has 132 valence electrons. The van der Waals surface area contributed by atoms with E-state index >= 15 is 0 Å². The van der Waals surface area contributed by atoms with Gasteiger partial charge in [-0.15, -0.1) is 0 Å². The monoisotopic (exact) mass is 348 g/mol. The van der Waals surface area contributed by atoms with Crippen LogP contribution in [0.2, 0.25) is 0 Å². The van der Waals surface area contributed by atoms with Crippen molar-refractivity contribution in [3.8, 4) is 0 Å². The van der Waals surface area contributed by atoms with Crippen LogP contribution in [-0.2, 0) is 6.42 Å². The maximum absolute atomic E-state index is 12.8. The zero-order chi connectivity index (χ0) is 18.1. The number of aromatic amines is 1. The molecule has 6 heteroatoms. The van der Waals surface area contributed by atoms with Gasteiger partial charge in [0.25, 0.3) is 11.5 Å². The van der Waals surface area contributed by atoms with Crippen molar-refractivity contribution in [3.63, 3.8) is 0 Å². The van der Waals surface area contributed by atoms with Crippen molar-refractivity contribution in [2.24, 2.45) is 0 Å². The van der Waals surface area contributed by atoms with Gasteiger partial charge in [0.15, 0.2) is 0 Å². The van der Waals surface area contributed by atoms with Crippen LogP contribution in [0.5, 0.6) is 0 Å². The number of amides is 1. The molecule has 26 heavy (non-hydrogen) atoms. The third-order valence-electron chi connectivity index (χ3n) is 4.98. The fourth-order valence-electron chi connectivity index (χ4n) is 3.67. The van der Waals surface area contributed by atoms with Gasteiger partial charge >= 0.3 is 0 Å². The molecule has 1 aliphatic rings. The number of hydrogen-bond donors (Lipinski definition) is 2. The lowest BCUT2D eigenvalue weighted by Crippen LogP contribution is -2.39. The number of fused-ring (bicyclic) bond motifs is 1. The van der Waals surface area contributed by atoms with Crippen LogP contribution in [0.25, 0.3) is 0 Å². The van der Waals surface area contributed by atoms with E-state index in [1.54, 1.807) is 31.6 Å². The van der Waals surface area contributed by atoms with E-state index in [1.807, 2.05) is 29.0 Å². The molecule has 0 spiro atoms. The van der Waals surface area contributed by atoms with Crippen LogP contribution in [-0.4, -0.2) is 20.4 Å². The van der Waals surface area contributed by atoms with Crippen LogP contribution in [0.3, 0.4) is 0 Å². The molecule has 1 aromatic carbocycles. The quantitative estimate of drug-likeness (QED) is 0.763. The molecule has 0 bridgehead atoms. The van der Waals surface area contributed by atoms with Gasteiger partial charge in [0.2, 0.25) is 0 Å². The summed E-state index contributed by atoms with van der Waals surface area (Å²) in [5.74, 6) is -0.363. The first-order valence-electron chi connectivity index (χ1n) is 8.69. The number of H-pyrrole nitrogens is 1. The highest BCUT2D eigenvalue weighted by molar-refractivity contribution is 5.94. The molecule has 2 N–H and O–H groups in total. The van der Waals surface area contributed by atoms with E-state index in [0.717, 1.165) is 24.1 Å². The lowest BCUT2D eigenvalue weighted by molar-refractivity contribution is 0.0916. The Balaban J connectivity index is 1.70. The van der Waals surface area contributed by atoms with Gasteiger partial charge in [-0.3, -0.25) is 9.59 Å². The number of carbonyl (C=O) groups is 1. The fourth-order valence-corrected chi connectivity index (χ4v) is 3.67. The second-order valence-electron chi connectivity index (χ2n) is 6.65. The highest BCUT2D eigenvalue weighted by atomic mass is 16.2. The normalized spacial score (nSPS) is 19.0. The first-order chi connectivity index (χ1) is 12.6. The summed E-state index contributed by atoms with van der Waals surface area (Å²) in [6.07, 6.45) is 7.26. The molecule has 2 atom stereocenters. The third-order valence-corrected chi connectivity index (χ3v) is 4.98. The summed E-state index contributed by atoms with van der Waals surface area (Å²) in [5, 5.41) is 3.08. The van der Waals surface area contributed by atoms with Gasteiger partial charge in [-0.05, 0) is 43.0 Å². The maximum Gasteiger partial charge on any atom is 0.260 e. The van der Waals surface area contributed by atoms with E-state index in [1.165, 1.54) is 5.56 Å². The summed E-state index contributed by atoms with van der Waals surface area (Å²) >= 11 is 0. The maximum atomic E-state index is 12.8. The number of imidazole rings is 1. The van der Waals surface area contributed by atoms with E-state index in [4.69, 9.17) is 0 Å². The SMILES string of the molecule is Cc1ccc(C(=O)N[C@@H]2c3ccccc3CC[C@H]2n2ccnc2)c(=O)[nH]1. The Morgan fingerprint density at radius 1 is 1.27 bits per heavy atom. The van der Waals surface area contributed by atoms with Gasteiger partial charge in [0, 0.05) is 18.1 Å². The number of aryl methyl sites for hydroxylation is 2. The molecule has 0 unspecified atom stereocenters. The second-order valence-corrected chi connectivity index (χ2v) is 6.65. The number of nitrogens with zero attached hydrogens (tertiary/aromatic N) is 2. The Bertz CT molecular complexity index is 991. The van der Waals surface area contributed by atoms with Crippen LogP contribution in [0.15, 0.2) is 59.9 Å². The number of nitrogens with one attached hydrogen (secondary N) is 2. The van der Waals surface area contributed by atoms with Crippen LogP contribution in [0.1, 0.15) is 45.7 Å². The van der Waals surface area contributed by atoms with E-state index in [9.17, 15) is 9.59 Å². The Morgan fingerprint density at radius 2 is 2.12 bits per heavy atom. The molecule has 3 aromatic rings. The summed E-state index contributed by atoms with van der Waals surface area (Å²) in [7, 11) is 0. The van der Waals surface area contributed by atoms with E-state index in [-0.39, 0.29) is 29.1 Å². The molecule has 0 fully saturated rings. The van der Waals surface area contributed by atoms with Crippen molar-refractivity contribution in [2.45, 2.75) is 31.8 Å². The Hall–Kier alpha value is -3.15. The van der Waals surface area contributed by atoms with Crippen LogP contribution < -0.4 is 10.9 Å². The minimum atomic E-state index is -0.370. The third kappa shape index (κ3) is 2.94. The summed E-state index contributed by atoms with van der Waals surface area (Å²) < 4.78 is 2.03. The first-order valence-corrected chi connectivity index (χ1v) is 8.69. The minimum absolute atomic E-state index is 0.0564. The largest absolute Gasteiger partial charge is 0.343 e. The van der Waals surface area contributed by atoms with Gasteiger partial charge < -0.3 is 14.9 Å². The lowest BCUT2D eigenvalue weighted by atomic mass is 9.83. The van der Waals surface area contributed by atoms with Crippen molar-refractivity contribution in [2.75, 3.05) is 0 Å². The van der Waals surface area contributed by atoms with E-state index in [2.05, 4.69) is 21.4 Å². The predicted molar refractivity (Wildman–Crippen MR) is 98.0 cm³/mol. The molecular formula is C20H20N4O2. The van der Waals surface area contributed by atoms with Crippen LogP contribution in [0.4, 0.5) is 0 Å². The topological polar surface area (TPSA) is 79.8 Å². The summed E-state index contributed by atoms with van der Waals surface area (Å²) in [6.45, 7) is 1.79. The number of rotatable bonds is 3. The molecule has 6 nitrogen and oxygen atoms in total. The molecule has 1 aliphatic carbocycles. The molecule has 0 radical (unpaired) electrons. The Kier molecular flexibility index (Phi) is 4.16. The average Bonchev–Trinajstić information content (AvgIpc) is 3.16. The number of hydrogen-bond acceptors (Lipinski definition) is 3. The molecule has 0 aliphatic heterocycles. The van der Waals surface area contributed by atoms with Crippen LogP contribution in [0, 0.1) is 6.92 Å². The standard InChI is InChI=1S/C20H20N4O2/c1-13-6-8-16(19(25)22-13)20(26)23-18-15-5-3-2-4-14(15)7-9-17(18)24-11-10-21-12-24/h2-6,8,10-12,17-18H,7,9H2,1H3,(H,22,25)(H,23,26)/t17-,18-/m1/s1. The van der Waals surface area contributed by atoms with Crippen molar-refractivity contribution in [3.05, 3.63) is 87.9 Å². The number of pyridine rings is 1. The minimum Gasteiger partial charge on any atom is -0.343 e. The Labute approximate surface area is 150 Å². The van der Waals surface area contributed by atoms with Crippen molar-refractivity contribution >= 4 is 5.91 Å². The van der Waals surface area contributed by atoms with Crippen LogP contribution >= 0.6 is 0 Å². The van der Waals surface area contributed by atoms with Gasteiger partial charge in [-0.2, -0.15) is 0 Å². The lowest BCUT2D eigenvalue weighted by Gasteiger charge is -2.35. The fraction of sp³-hybridized carbons (Fsp3) is 0.250. The summed E-state index contributed by atoms with van der Waals surface area (Å²) in [4.78, 5) is 31.8. The number of aromatic nitrogens is 3.